The topological polar surface area (TPSA) is 81.2 Å². The van der Waals surface area contributed by atoms with Crippen LogP contribution >= 0.6 is 0 Å². The number of nitrogens with zero attached hydrogens (tertiary/aromatic N) is 2. The van der Waals surface area contributed by atoms with Crippen molar-refractivity contribution in [3.05, 3.63) is 24.3 Å². The van der Waals surface area contributed by atoms with Gasteiger partial charge in [0.15, 0.2) is 5.76 Å². The third-order valence-corrected chi connectivity index (χ3v) is 3.32. The van der Waals surface area contributed by atoms with E-state index in [1.807, 2.05) is 0 Å². The van der Waals surface area contributed by atoms with Gasteiger partial charge in [-0.15, -0.1) is 0 Å². The predicted molar refractivity (Wildman–Crippen MR) is 66.1 cm³/mol. The zero-order valence-electron chi connectivity index (χ0n) is 10.5. The molecule has 1 N–H and O–H groups in total. The van der Waals surface area contributed by atoms with E-state index in [1.165, 1.54) is 0 Å². The molecule has 2 aromatic heterocycles. The van der Waals surface area contributed by atoms with Crippen LogP contribution < -0.4 is 5.32 Å². The Morgan fingerprint density at radius 3 is 3.05 bits per heavy atom. The first-order valence-corrected chi connectivity index (χ1v) is 6.47. The van der Waals surface area contributed by atoms with Crippen molar-refractivity contribution in [2.75, 3.05) is 6.54 Å². The molecule has 1 aliphatic carbocycles. The SMILES string of the molecule is O=C(NCCc1nc(-c2ccco2)no1)C1CCC1. The molecule has 19 heavy (non-hydrogen) atoms. The van der Waals surface area contributed by atoms with Gasteiger partial charge < -0.3 is 14.3 Å². The number of rotatable bonds is 5. The van der Waals surface area contributed by atoms with Crippen LogP contribution in [0.15, 0.2) is 27.3 Å². The van der Waals surface area contributed by atoms with Crippen LogP contribution in [-0.4, -0.2) is 22.6 Å². The van der Waals surface area contributed by atoms with E-state index in [0.29, 0.717) is 30.4 Å². The molecule has 1 amide bonds. The van der Waals surface area contributed by atoms with Gasteiger partial charge in [-0.2, -0.15) is 4.98 Å². The highest BCUT2D eigenvalue weighted by Gasteiger charge is 2.24. The molecule has 0 radical (unpaired) electrons. The monoisotopic (exact) mass is 261 g/mol. The van der Waals surface area contributed by atoms with Crippen molar-refractivity contribution >= 4 is 5.91 Å². The van der Waals surface area contributed by atoms with Crippen molar-refractivity contribution in [2.24, 2.45) is 5.92 Å². The molecule has 0 aromatic carbocycles. The predicted octanol–water partition coefficient (Wildman–Crippen LogP) is 1.79. The van der Waals surface area contributed by atoms with Gasteiger partial charge in [-0.1, -0.05) is 11.6 Å². The van der Waals surface area contributed by atoms with Gasteiger partial charge in [0.05, 0.1) is 6.26 Å². The zero-order chi connectivity index (χ0) is 13.1. The average Bonchev–Trinajstić information content (AvgIpc) is 2.96. The number of furan rings is 1. The molecule has 100 valence electrons. The second-order valence-corrected chi connectivity index (χ2v) is 4.66. The standard InChI is InChI=1S/C13H15N3O3/c17-13(9-3-1-4-9)14-7-6-11-15-12(16-19-11)10-5-2-8-18-10/h2,5,8-9H,1,3-4,6-7H2,(H,14,17). The Hall–Kier alpha value is -2.11. The summed E-state index contributed by atoms with van der Waals surface area (Å²) in [6.45, 7) is 0.523. The molecular formula is C13H15N3O3. The van der Waals surface area contributed by atoms with Gasteiger partial charge in [-0.3, -0.25) is 4.79 Å². The largest absolute Gasteiger partial charge is 0.461 e. The summed E-state index contributed by atoms with van der Waals surface area (Å²) in [7, 11) is 0. The van der Waals surface area contributed by atoms with E-state index in [2.05, 4.69) is 15.5 Å². The van der Waals surface area contributed by atoms with Crippen molar-refractivity contribution in [1.82, 2.24) is 15.5 Å². The lowest BCUT2D eigenvalue weighted by atomic mass is 9.85. The molecule has 3 rings (SSSR count). The average molecular weight is 261 g/mol. The van der Waals surface area contributed by atoms with Gasteiger partial charge in [-0.25, -0.2) is 0 Å². The van der Waals surface area contributed by atoms with Gasteiger partial charge in [0.1, 0.15) is 0 Å². The first kappa shape index (κ1) is 12.0. The Balaban J connectivity index is 1.49. The van der Waals surface area contributed by atoms with E-state index < -0.39 is 0 Å². The molecule has 2 aromatic rings. The fourth-order valence-corrected chi connectivity index (χ4v) is 1.97. The van der Waals surface area contributed by atoms with Gasteiger partial charge >= 0.3 is 0 Å². The zero-order valence-corrected chi connectivity index (χ0v) is 10.5. The van der Waals surface area contributed by atoms with Crippen molar-refractivity contribution in [3.8, 4) is 11.6 Å². The summed E-state index contributed by atoms with van der Waals surface area (Å²) in [5, 5.41) is 6.71. The molecule has 2 heterocycles. The molecule has 0 bridgehead atoms. The Morgan fingerprint density at radius 2 is 2.37 bits per heavy atom. The summed E-state index contributed by atoms with van der Waals surface area (Å²) in [5.41, 5.74) is 0. The molecule has 1 saturated carbocycles. The highest BCUT2D eigenvalue weighted by molar-refractivity contribution is 5.79. The Bertz CT molecular complexity index is 543. The number of amides is 1. The molecule has 6 heteroatoms. The minimum Gasteiger partial charge on any atom is -0.461 e. The number of hydrogen-bond acceptors (Lipinski definition) is 5. The molecule has 1 fully saturated rings. The lowest BCUT2D eigenvalue weighted by Gasteiger charge is -2.23. The Morgan fingerprint density at radius 1 is 1.47 bits per heavy atom. The number of aromatic nitrogens is 2. The van der Waals surface area contributed by atoms with Crippen molar-refractivity contribution < 1.29 is 13.7 Å². The van der Waals surface area contributed by atoms with Crippen LogP contribution in [0, 0.1) is 5.92 Å². The minimum absolute atomic E-state index is 0.136. The summed E-state index contributed by atoms with van der Waals surface area (Å²) in [5.74, 6) is 1.86. The third-order valence-electron chi connectivity index (χ3n) is 3.32. The maximum Gasteiger partial charge on any atom is 0.238 e. The van der Waals surface area contributed by atoms with E-state index >= 15 is 0 Å². The van der Waals surface area contributed by atoms with Crippen LogP contribution in [0.25, 0.3) is 11.6 Å². The molecule has 0 unspecified atom stereocenters. The van der Waals surface area contributed by atoms with Crippen molar-refractivity contribution in [1.29, 1.82) is 0 Å². The van der Waals surface area contributed by atoms with Crippen LogP contribution in [0.5, 0.6) is 0 Å². The Kier molecular flexibility index (Phi) is 3.31. The summed E-state index contributed by atoms with van der Waals surface area (Å²) in [6.07, 6.45) is 5.27. The van der Waals surface area contributed by atoms with Gasteiger partial charge in [0.2, 0.25) is 17.6 Å². The smallest absolute Gasteiger partial charge is 0.238 e. The van der Waals surface area contributed by atoms with Crippen LogP contribution in [-0.2, 0) is 11.2 Å². The summed E-state index contributed by atoms with van der Waals surface area (Å²) in [6, 6.07) is 3.54. The normalized spacial score (nSPS) is 15.2. The maximum absolute atomic E-state index is 11.6. The lowest BCUT2D eigenvalue weighted by molar-refractivity contribution is -0.127. The minimum atomic E-state index is 0.136. The molecule has 0 aliphatic heterocycles. The molecule has 6 nitrogen and oxygen atoms in total. The van der Waals surface area contributed by atoms with E-state index in [4.69, 9.17) is 8.94 Å². The van der Waals surface area contributed by atoms with E-state index in [1.54, 1.807) is 18.4 Å². The fourth-order valence-electron chi connectivity index (χ4n) is 1.97. The quantitative estimate of drug-likeness (QED) is 0.887. The highest BCUT2D eigenvalue weighted by atomic mass is 16.5. The fraction of sp³-hybridized carbons (Fsp3) is 0.462. The first-order chi connectivity index (χ1) is 9.33. The molecule has 1 aliphatic rings. The third kappa shape index (κ3) is 2.67. The van der Waals surface area contributed by atoms with Crippen LogP contribution in [0.4, 0.5) is 0 Å². The number of nitrogens with one attached hydrogen (secondary N) is 1. The maximum atomic E-state index is 11.6. The molecule has 0 atom stereocenters. The molecule has 0 saturated heterocycles. The van der Waals surface area contributed by atoms with Crippen LogP contribution in [0.3, 0.4) is 0 Å². The van der Waals surface area contributed by atoms with Crippen LogP contribution in [0.2, 0.25) is 0 Å². The molecular weight excluding hydrogens is 246 g/mol. The Labute approximate surface area is 110 Å². The summed E-state index contributed by atoms with van der Waals surface area (Å²) in [4.78, 5) is 15.8. The van der Waals surface area contributed by atoms with Crippen molar-refractivity contribution in [2.45, 2.75) is 25.7 Å². The second kappa shape index (κ2) is 5.26. The van der Waals surface area contributed by atoms with Gasteiger partial charge in [0, 0.05) is 18.9 Å². The highest BCUT2D eigenvalue weighted by Crippen LogP contribution is 2.26. The number of carbonyl (C=O) groups is 1. The lowest BCUT2D eigenvalue weighted by Crippen LogP contribution is -2.35. The van der Waals surface area contributed by atoms with E-state index in [-0.39, 0.29) is 11.8 Å². The van der Waals surface area contributed by atoms with E-state index in [9.17, 15) is 4.79 Å². The van der Waals surface area contributed by atoms with E-state index in [0.717, 1.165) is 19.3 Å². The summed E-state index contributed by atoms with van der Waals surface area (Å²) >= 11 is 0. The van der Waals surface area contributed by atoms with Crippen LogP contribution in [0.1, 0.15) is 25.2 Å². The van der Waals surface area contributed by atoms with Gasteiger partial charge in [0.25, 0.3) is 0 Å². The summed E-state index contributed by atoms with van der Waals surface area (Å²) < 4.78 is 10.3. The number of carbonyl (C=O) groups excluding carboxylic acids is 1. The number of hydrogen-bond donors (Lipinski definition) is 1. The van der Waals surface area contributed by atoms with Gasteiger partial charge in [-0.05, 0) is 25.0 Å². The first-order valence-electron chi connectivity index (χ1n) is 6.47. The molecule has 0 spiro atoms. The van der Waals surface area contributed by atoms with Crippen molar-refractivity contribution in [3.63, 3.8) is 0 Å². The second-order valence-electron chi connectivity index (χ2n) is 4.66.